The lowest BCUT2D eigenvalue weighted by atomic mass is 9.98. The molecule has 198 valence electrons. The Balaban J connectivity index is 1.56. The maximum Gasteiger partial charge on any atom is 0.270 e. The Morgan fingerprint density at radius 1 is 1.26 bits per heavy atom. The molecule has 0 radical (unpaired) electrons. The number of hydrogen-bond donors (Lipinski definition) is 0. The van der Waals surface area contributed by atoms with Crippen molar-refractivity contribution in [3.63, 3.8) is 0 Å². The van der Waals surface area contributed by atoms with E-state index in [0.29, 0.717) is 45.3 Å². The number of nitriles is 1. The van der Waals surface area contributed by atoms with Crippen molar-refractivity contribution in [1.82, 2.24) is 9.47 Å². The van der Waals surface area contributed by atoms with E-state index in [2.05, 4.69) is 17.9 Å². The fourth-order valence-electron chi connectivity index (χ4n) is 5.29. The lowest BCUT2D eigenvalue weighted by Crippen LogP contribution is -2.40. The zero-order chi connectivity index (χ0) is 27.0. The summed E-state index contributed by atoms with van der Waals surface area (Å²) in [5.41, 5.74) is 2.07. The molecule has 4 heterocycles. The first kappa shape index (κ1) is 26.3. The van der Waals surface area contributed by atoms with Crippen LogP contribution in [0, 0.1) is 24.2 Å². The largest absolute Gasteiger partial charge is 0.454 e. The van der Waals surface area contributed by atoms with E-state index >= 15 is 0 Å². The van der Waals surface area contributed by atoms with Crippen molar-refractivity contribution in [3.8, 4) is 17.6 Å². The number of carbonyl (C=O) groups excluding carboxylic acids is 1. The predicted octanol–water partition coefficient (Wildman–Crippen LogP) is 4.80. The highest BCUT2D eigenvalue weighted by Gasteiger charge is 2.34. The van der Waals surface area contributed by atoms with Crippen molar-refractivity contribution < 1.29 is 14.3 Å². The molecule has 0 bridgehead atoms. The van der Waals surface area contributed by atoms with E-state index in [1.54, 1.807) is 16.4 Å². The normalized spacial score (nSPS) is 19.9. The average Bonchev–Trinajstić information content (AvgIpc) is 3.47. The first-order valence-electron chi connectivity index (χ1n) is 12.9. The van der Waals surface area contributed by atoms with Crippen LogP contribution in [0.5, 0.6) is 11.5 Å². The van der Waals surface area contributed by atoms with Gasteiger partial charge in [-0.3, -0.25) is 19.1 Å². The van der Waals surface area contributed by atoms with Crippen molar-refractivity contribution in [2.45, 2.75) is 53.1 Å². The number of ether oxygens (including phenoxy) is 2. The minimum atomic E-state index is -0.271. The van der Waals surface area contributed by atoms with Gasteiger partial charge in [0.2, 0.25) is 6.79 Å². The zero-order valence-corrected chi connectivity index (χ0v) is 23.4. The van der Waals surface area contributed by atoms with Gasteiger partial charge in [0.05, 0.1) is 11.4 Å². The maximum atomic E-state index is 13.6. The number of carbonyl (C=O) groups is 1. The van der Waals surface area contributed by atoms with E-state index in [0.717, 1.165) is 49.3 Å². The standard InChI is InChI=1S/C28H30N4O4S2/c1-4-9-31-25(30-10-5-6-17(2)14-30)20(18(3)21(13-29)26(31)33)12-24-27(34)32(28(37)38-24)15-19-7-8-22-23(11-19)36-16-35-22/h7-8,11-12,17H,4-6,9-10,14-16H2,1-3H3. The van der Waals surface area contributed by atoms with Crippen molar-refractivity contribution in [2.75, 3.05) is 24.8 Å². The van der Waals surface area contributed by atoms with Crippen LogP contribution in [0.3, 0.4) is 0 Å². The third-order valence-electron chi connectivity index (χ3n) is 7.18. The molecule has 5 rings (SSSR count). The van der Waals surface area contributed by atoms with Gasteiger partial charge in [0.25, 0.3) is 11.5 Å². The molecule has 2 fully saturated rings. The smallest absolute Gasteiger partial charge is 0.270 e. The quantitative estimate of drug-likeness (QED) is 0.374. The number of nitrogens with zero attached hydrogens (tertiary/aromatic N) is 4. The summed E-state index contributed by atoms with van der Waals surface area (Å²) in [5.74, 6) is 2.42. The highest BCUT2D eigenvalue weighted by Crippen LogP contribution is 2.38. The predicted molar refractivity (Wildman–Crippen MR) is 152 cm³/mol. The first-order chi connectivity index (χ1) is 18.3. The highest BCUT2D eigenvalue weighted by molar-refractivity contribution is 8.26. The SMILES string of the molecule is CCCn1c(N2CCCC(C)C2)c(C=C2SC(=S)N(Cc3ccc4c(c3)OCO4)C2=O)c(C)c(C#N)c1=O. The molecule has 2 aromatic rings. The molecule has 1 unspecified atom stereocenters. The van der Waals surface area contributed by atoms with Crippen LogP contribution < -0.4 is 19.9 Å². The number of thioether (sulfide) groups is 1. The van der Waals surface area contributed by atoms with Crippen LogP contribution >= 0.6 is 24.0 Å². The molecule has 0 saturated carbocycles. The summed E-state index contributed by atoms with van der Waals surface area (Å²) in [5, 5.41) is 9.87. The van der Waals surface area contributed by atoms with Crippen LogP contribution in [0.25, 0.3) is 6.08 Å². The second kappa shape index (κ2) is 10.8. The molecule has 2 saturated heterocycles. The highest BCUT2D eigenvalue weighted by atomic mass is 32.2. The minimum absolute atomic E-state index is 0.120. The fraction of sp³-hybridized carbons (Fsp3) is 0.429. The molecule has 1 aromatic heterocycles. The number of hydrogen-bond acceptors (Lipinski definition) is 8. The van der Waals surface area contributed by atoms with Gasteiger partial charge in [0.1, 0.15) is 21.8 Å². The minimum Gasteiger partial charge on any atom is -0.454 e. The first-order valence-corrected chi connectivity index (χ1v) is 14.1. The van der Waals surface area contributed by atoms with Gasteiger partial charge in [-0.15, -0.1) is 0 Å². The number of rotatable bonds is 6. The van der Waals surface area contributed by atoms with Crippen molar-refractivity contribution in [2.24, 2.45) is 5.92 Å². The summed E-state index contributed by atoms with van der Waals surface area (Å²) in [6.07, 6.45) is 4.74. The molecule has 10 heteroatoms. The summed E-state index contributed by atoms with van der Waals surface area (Å²) in [7, 11) is 0. The van der Waals surface area contributed by atoms with Crippen LogP contribution in [0.1, 0.15) is 55.4 Å². The molecular formula is C28H30N4O4S2. The Morgan fingerprint density at radius 3 is 2.79 bits per heavy atom. The maximum absolute atomic E-state index is 13.6. The van der Waals surface area contributed by atoms with Crippen LogP contribution in [0.4, 0.5) is 5.82 Å². The van der Waals surface area contributed by atoms with Gasteiger partial charge in [-0.2, -0.15) is 5.26 Å². The van der Waals surface area contributed by atoms with E-state index in [1.807, 2.05) is 31.2 Å². The number of pyridine rings is 1. The summed E-state index contributed by atoms with van der Waals surface area (Å²) in [4.78, 5) is 31.3. The zero-order valence-electron chi connectivity index (χ0n) is 21.8. The van der Waals surface area contributed by atoms with E-state index in [1.165, 1.54) is 11.8 Å². The van der Waals surface area contributed by atoms with Gasteiger partial charge in [0.15, 0.2) is 11.5 Å². The molecule has 8 nitrogen and oxygen atoms in total. The molecule has 38 heavy (non-hydrogen) atoms. The number of benzene rings is 1. The molecule has 1 aromatic carbocycles. The number of thiocarbonyl (C=S) groups is 1. The van der Waals surface area contributed by atoms with Crippen molar-refractivity contribution >= 4 is 46.1 Å². The van der Waals surface area contributed by atoms with E-state index in [-0.39, 0.29) is 23.8 Å². The van der Waals surface area contributed by atoms with Gasteiger partial charge in [-0.25, -0.2) is 0 Å². The topological polar surface area (TPSA) is 87.8 Å². The van der Waals surface area contributed by atoms with E-state index in [4.69, 9.17) is 21.7 Å². The molecule has 3 aliphatic heterocycles. The number of piperidine rings is 1. The Labute approximate surface area is 231 Å². The van der Waals surface area contributed by atoms with E-state index < -0.39 is 0 Å². The lowest BCUT2D eigenvalue weighted by molar-refractivity contribution is -0.122. The Morgan fingerprint density at radius 2 is 2.05 bits per heavy atom. The van der Waals surface area contributed by atoms with E-state index in [9.17, 15) is 14.9 Å². The molecule has 3 aliphatic rings. The molecule has 0 spiro atoms. The third kappa shape index (κ3) is 4.81. The molecule has 0 aliphatic carbocycles. The second-order valence-corrected chi connectivity index (χ2v) is 11.6. The molecule has 1 atom stereocenters. The van der Waals surface area contributed by atoms with Crippen molar-refractivity contribution in [1.29, 1.82) is 5.26 Å². The van der Waals surface area contributed by atoms with Crippen molar-refractivity contribution in [3.05, 3.63) is 55.7 Å². The van der Waals surface area contributed by atoms with Gasteiger partial charge in [-0.1, -0.05) is 43.9 Å². The second-order valence-electron chi connectivity index (χ2n) is 9.95. The van der Waals surface area contributed by atoms with Gasteiger partial charge >= 0.3 is 0 Å². The summed E-state index contributed by atoms with van der Waals surface area (Å²) >= 11 is 6.85. The van der Waals surface area contributed by atoms with Gasteiger partial charge < -0.3 is 14.4 Å². The van der Waals surface area contributed by atoms with Crippen LogP contribution in [-0.2, 0) is 17.9 Å². The number of aromatic nitrogens is 1. The average molecular weight is 551 g/mol. The molecule has 0 N–H and O–H groups in total. The summed E-state index contributed by atoms with van der Waals surface area (Å²) in [6, 6.07) is 7.71. The monoisotopic (exact) mass is 550 g/mol. The van der Waals surface area contributed by atoms with Crippen LogP contribution in [0.2, 0.25) is 0 Å². The molecule has 1 amide bonds. The number of fused-ring (bicyclic) bond motifs is 1. The number of anilines is 1. The Kier molecular flexibility index (Phi) is 7.50. The summed E-state index contributed by atoms with van der Waals surface area (Å²) < 4.78 is 13.1. The van der Waals surface area contributed by atoms with Crippen LogP contribution in [0.15, 0.2) is 27.9 Å². The fourth-order valence-corrected chi connectivity index (χ4v) is 6.52. The number of amides is 1. The third-order valence-corrected chi connectivity index (χ3v) is 8.55. The van der Waals surface area contributed by atoms with Gasteiger partial charge in [0, 0.05) is 25.2 Å². The molecular weight excluding hydrogens is 520 g/mol. The lowest BCUT2D eigenvalue weighted by Gasteiger charge is -2.36. The summed E-state index contributed by atoms with van der Waals surface area (Å²) in [6.45, 7) is 8.67. The Bertz CT molecular complexity index is 1440. The van der Waals surface area contributed by atoms with Gasteiger partial charge in [-0.05, 0) is 61.4 Å². The van der Waals surface area contributed by atoms with Crippen LogP contribution in [-0.4, -0.2) is 39.6 Å². The Hall–Kier alpha value is -3.29.